The lowest BCUT2D eigenvalue weighted by atomic mass is 10.0. The van der Waals surface area contributed by atoms with Crippen LogP contribution < -0.4 is 5.73 Å². The summed E-state index contributed by atoms with van der Waals surface area (Å²) in [7, 11) is 0. The van der Waals surface area contributed by atoms with Crippen LogP contribution >= 0.6 is 0 Å². The quantitative estimate of drug-likeness (QED) is 0.913. The van der Waals surface area contributed by atoms with Crippen LogP contribution in [0.1, 0.15) is 25.0 Å². The summed E-state index contributed by atoms with van der Waals surface area (Å²) >= 11 is 0. The third-order valence-corrected chi connectivity index (χ3v) is 3.97. The van der Waals surface area contributed by atoms with Crippen molar-refractivity contribution < 1.29 is 4.79 Å². The molecule has 1 aliphatic rings. The number of carbonyl (C=O) groups is 1. The largest absolute Gasteiger partial charge is 0.338 e. The Morgan fingerprint density at radius 2 is 2.30 bits per heavy atom. The third-order valence-electron chi connectivity index (χ3n) is 3.97. The van der Waals surface area contributed by atoms with Crippen molar-refractivity contribution in [3.05, 3.63) is 36.3 Å². The summed E-state index contributed by atoms with van der Waals surface area (Å²) in [6.45, 7) is 1.38. The average molecular weight is 272 g/mol. The van der Waals surface area contributed by atoms with Crippen molar-refractivity contribution in [3.63, 3.8) is 0 Å². The smallest absolute Gasteiger partial charge is 0.228 e. The lowest BCUT2D eigenvalue weighted by Gasteiger charge is -2.35. The zero-order valence-corrected chi connectivity index (χ0v) is 11.5. The Balaban J connectivity index is 1.74. The monoisotopic (exact) mass is 272 g/mol. The zero-order chi connectivity index (χ0) is 13.9. The number of piperidine rings is 1. The summed E-state index contributed by atoms with van der Waals surface area (Å²) in [6, 6.07) is 6.05. The number of aromatic nitrogens is 2. The molecule has 0 radical (unpaired) electrons. The lowest BCUT2D eigenvalue weighted by molar-refractivity contribution is -0.133. The summed E-state index contributed by atoms with van der Waals surface area (Å²) in [5.74, 6) is 0.142. The molecular formula is C15H20N4O. The molecule has 2 aromatic rings. The van der Waals surface area contributed by atoms with E-state index in [4.69, 9.17) is 5.73 Å². The predicted octanol–water partition coefficient (Wildman–Crippen LogP) is 1.22. The van der Waals surface area contributed by atoms with Crippen molar-refractivity contribution in [1.29, 1.82) is 0 Å². The molecule has 20 heavy (non-hydrogen) atoms. The molecule has 5 heteroatoms. The van der Waals surface area contributed by atoms with Gasteiger partial charge in [0.2, 0.25) is 5.91 Å². The van der Waals surface area contributed by atoms with E-state index >= 15 is 0 Å². The molecule has 106 valence electrons. The molecule has 1 amide bonds. The number of fused-ring (bicyclic) bond motifs is 1. The van der Waals surface area contributed by atoms with Crippen LogP contribution in [-0.4, -0.2) is 39.3 Å². The topological polar surface area (TPSA) is 63.6 Å². The Kier molecular flexibility index (Phi) is 3.69. The fraction of sp³-hybridized carbons (Fsp3) is 0.467. The number of carbonyl (C=O) groups excluding carboxylic acids is 1. The van der Waals surface area contributed by atoms with E-state index in [1.165, 1.54) is 6.42 Å². The summed E-state index contributed by atoms with van der Waals surface area (Å²) in [4.78, 5) is 18.9. The molecule has 0 saturated carbocycles. The number of hydrogen-bond donors (Lipinski definition) is 1. The Morgan fingerprint density at radius 1 is 1.40 bits per heavy atom. The molecule has 0 bridgehead atoms. The van der Waals surface area contributed by atoms with Crippen LogP contribution in [0.2, 0.25) is 0 Å². The van der Waals surface area contributed by atoms with Crippen molar-refractivity contribution >= 4 is 11.6 Å². The standard InChI is InChI=1S/C15H20N4O/c16-10-13-5-1-4-8-19(13)15(20)9-12-11-18-7-3-2-6-14(18)17-12/h2-3,6-7,11,13H,1,4-5,8-10,16H2/t13-/m0/s1. The van der Waals surface area contributed by atoms with Gasteiger partial charge in [0, 0.05) is 31.5 Å². The van der Waals surface area contributed by atoms with Gasteiger partial charge in [-0.15, -0.1) is 0 Å². The summed E-state index contributed by atoms with van der Waals surface area (Å²) < 4.78 is 1.94. The van der Waals surface area contributed by atoms with Gasteiger partial charge in [0.05, 0.1) is 12.1 Å². The second-order valence-corrected chi connectivity index (χ2v) is 5.35. The Bertz CT molecular complexity index is 574. The molecule has 0 aliphatic carbocycles. The van der Waals surface area contributed by atoms with Gasteiger partial charge >= 0.3 is 0 Å². The van der Waals surface area contributed by atoms with Crippen LogP contribution in [0, 0.1) is 0 Å². The molecule has 3 rings (SSSR count). The van der Waals surface area contributed by atoms with Crippen LogP contribution in [0.3, 0.4) is 0 Å². The highest BCUT2D eigenvalue weighted by atomic mass is 16.2. The highest BCUT2D eigenvalue weighted by Crippen LogP contribution is 2.17. The number of nitrogens with two attached hydrogens (primary N) is 1. The maximum absolute atomic E-state index is 12.4. The van der Waals surface area contributed by atoms with Gasteiger partial charge in [0.1, 0.15) is 5.65 Å². The fourth-order valence-electron chi connectivity index (χ4n) is 2.90. The summed E-state index contributed by atoms with van der Waals surface area (Å²) in [6.07, 6.45) is 7.49. The molecule has 0 spiro atoms. The average Bonchev–Trinajstić information content (AvgIpc) is 2.89. The van der Waals surface area contributed by atoms with Crippen molar-refractivity contribution in [1.82, 2.24) is 14.3 Å². The van der Waals surface area contributed by atoms with Gasteiger partial charge in [-0.25, -0.2) is 4.98 Å². The van der Waals surface area contributed by atoms with E-state index in [9.17, 15) is 4.79 Å². The van der Waals surface area contributed by atoms with Crippen molar-refractivity contribution in [3.8, 4) is 0 Å². The van der Waals surface area contributed by atoms with Crippen LogP contribution in [0.5, 0.6) is 0 Å². The number of nitrogens with zero attached hydrogens (tertiary/aromatic N) is 3. The highest BCUT2D eigenvalue weighted by molar-refractivity contribution is 5.79. The Morgan fingerprint density at radius 3 is 3.10 bits per heavy atom. The van der Waals surface area contributed by atoms with E-state index in [0.29, 0.717) is 13.0 Å². The Hall–Kier alpha value is -1.88. The SMILES string of the molecule is NC[C@@H]1CCCCN1C(=O)Cc1cn2ccccc2n1. The minimum atomic E-state index is 0.142. The fourth-order valence-corrected chi connectivity index (χ4v) is 2.90. The van der Waals surface area contributed by atoms with E-state index in [0.717, 1.165) is 30.7 Å². The van der Waals surface area contributed by atoms with Gasteiger partial charge in [-0.2, -0.15) is 0 Å². The summed E-state index contributed by atoms with van der Waals surface area (Å²) in [5, 5.41) is 0. The van der Waals surface area contributed by atoms with E-state index in [2.05, 4.69) is 4.98 Å². The van der Waals surface area contributed by atoms with Gasteiger partial charge in [-0.05, 0) is 31.4 Å². The van der Waals surface area contributed by atoms with Crippen LogP contribution in [0.15, 0.2) is 30.6 Å². The molecule has 5 nitrogen and oxygen atoms in total. The normalized spacial score (nSPS) is 19.4. The maximum atomic E-state index is 12.4. The molecule has 1 atom stereocenters. The minimum Gasteiger partial charge on any atom is -0.338 e. The maximum Gasteiger partial charge on any atom is 0.228 e. The first kappa shape index (κ1) is 13.1. The molecule has 1 fully saturated rings. The van der Waals surface area contributed by atoms with Gasteiger partial charge in [-0.1, -0.05) is 6.07 Å². The van der Waals surface area contributed by atoms with E-state index in [1.54, 1.807) is 0 Å². The van der Waals surface area contributed by atoms with Gasteiger partial charge in [0.15, 0.2) is 0 Å². The molecular weight excluding hydrogens is 252 g/mol. The number of pyridine rings is 1. The lowest BCUT2D eigenvalue weighted by Crippen LogP contribution is -2.48. The third kappa shape index (κ3) is 2.54. The zero-order valence-electron chi connectivity index (χ0n) is 11.5. The van der Waals surface area contributed by atoms with Gasteiger partial charge < -0.3 is 15.0 Å². The number of imidazole rings is 1. The minimum absolute atomic E-state index is 0.142. The van der Waals surface area contributed by atoms with E-state index in [1.807, 2.05) is 39.9 Å². The molecule has 1 aliphatic heterocycles. The number of amides is 1. The van der Waals surface area contributed by atoms with Crippen molar-refractivity contribution in [2.75, 3.05) is 13.1 Å². The first-order valence-electron chi connectivity index (χ1n) is 7.20. The first-order valence-corrected chi connectivity index (χ1v) is 7.20. The van der Waals surface area contributed by atoms with Crippen molar-refractivity contribution in [2.45, 2.75) is 31.7 Å². The molecule has 0 unspecified atom stereocenters. The van der Waals surface area contributed by atoms with E-state index in [-0.39, 0.29) is 11.9 Å². The molecule has 0 aromatic carbocycles. The second kappa shape index (κ2) is 5.63. The molecule has 2 N–H and O–H groups in total. The molecule has 2 aromatic heterocycles. The highest BCUT2D eigenvalue weighted by Gasteiger charge is 2.25. The van der Waals surface area contributed by atoms with Gasteiger partial charge in [-0.3, -0.25) is 4.79 Å². The first-order chi connectivity index (χ1) is 9.78. The number of likely N-dealkylation sites (tertiary alicyclic amines) is 1. The van der Waals surface area contributed by atoms with Crippen LogP contribution in [-0.2, 0) is 11.2 Å². The van der Waals surface area contributed by atoms with Gasteiger partial charge in [0.25, 0.3) is 0 Å². The van der Waals surface area contributed by atoms with E-state index < -0.39 is 0 Å². The molecule has 1 saturated heterocycles. The van der Waals surface area contributed by atoms with Crippen LogP contribution in [0.4, 0.5) is 0 Å². The molecule has 3 heterocycles. The van der Waals surface area contributed by atoms with Crippen LogP contribution in [0.25, 0.3) is 5.65 Å². The Labute approximate surface area is 118 Å². The predicted molar refractivity (Wildman–Crippen MR) is 77.3 cm³/mol. The summed E-state index contributed by atoms with van der Waals surface area (Å²) in [5.41, 5.74) is 7.47. The van der Waals surface area contributed by atoms with Crippen molar-refractivity contribution in [2.24, 2.45) is 5.73 Å². The number of rotatable bonds is 3. The second-order valence-electron chi connectivity index (χ2n) is 5.35. The number of hydrogen-bond acceptors (Lipinski definition) is 3.